The highest BCUT2D eigenvalue weighted by atomic mass is 16.6. The predicted octanol–water partition coefficient (Wildman–Crippen LogP) is 0.969. The van der Waals surface area contributed by atoms with E-state index in [1.54, 1.807) is 6.92 Å². The fourth-order valence-corrected chi connectivity index (χ4v) is 3.37. The lowest BCUT2D eigenvalue weighted by atomic mass is 9.64. The van der Waals surface area contributed by atoms with Crippen molar-refractivity contribution < 1.29 is 24.0 Å². The molecular formula is C13H19NO6. The molecule has 0 aromatic carbocycles. The lowest BCUT2D eigenvalue weighted by Gasteiger charge is -2.42. The highest BCUT2D eigenvalue weighted by Crippen LogP contribution is 2.45. The molecule has 0 bridgehead atoms. The van der Waals surface area contributed by atoms with Crippen LogP contribution in [0.2, 0.25) is 0 Å². The number of nitro groups is 1. The zero-order valence-corrected chi connectivity index (χ0v) is 11.7. The number of methoxy groups -OCH3 is 1. The summed E-state index contributed by atoms with van der Waals surface area (Å²) < 4.78 is 10.2. The van der Waals surface area contributed by atoms with Gasteiger partial charge in [-0.15, -0.1) is 0 Å². The van der Waals surface area contributed by atoms with Crippen LogP contribution < -0.4 is 0 Å². The Kier molecular flexibility index (Phi) is 4.08. The molecule has 1 heterocycles. The van der Waals surface area contributed by atoms with Gasteiger partial charge in [0.1, 0.15) is 11.9 Å². The Bertz CT molecular complexity index is 437. The standard InChI is InChI=1S/C13H19NO6/c1-13(4-3-5-20-12(13)16)9-6-8(15)7-10(19-2)11(9)14(17)18/h9-11H,3-7H2,1-2H3/t9?,10?,11?,13-/m0/s1. The SMILES string of the molecule is COC1CC(=O)CC([C@]2(C)CCCOC2=O)C1[N+](=O)[O-]. The summed E-state index contributed by atoms with van der Waals surface area (Å²) in [6.45, 7) is 2.01. The number of carbonyl (C=O) groups is 2. The summed E-state index contributed by atoms with van der Waals surface area (Å²) in [6, 6.07) is -1.05. The maximum absolute atomic E-state index is 12.1. The Morgan fingerprint density at radius 2 is 2.10 bits per heavy atom. The Balaban J connectivity index is 2.36. The van der Waals surface area contributed by atoms with Crippen molar-refractivity contribution >= 4 is 11.8 Å². The molecular weight excluding hydrogens is 266 g/mol. The molecule has 7 heteroatoms. The summed E-state index contributed by atoms with van der Waals surface area (Å²) in [7, 11) is 1.36. The van der Waals surface area contributed by atoms with Crippen LogP contribution in [-0.2, 0) is 19.1 Å². The van der Waals surface area contributed by atoms with Gasteiger partial charge in [-0.1, -0.05) is 0 Å². The molecule has 0 aromatic heterocycles. The Labute approximate surface area is 116 Å². The van der Waals surface area contributed by atoms with E-state index in [0.29, 0.717) is 19.4 Å². The van der Waals surface area contributed by atoms with Gasteiger partial charge in [0.05, 0.1) is 17.9 Å². The minimum absolute atomic E-state index is 0.0315. The molecule has 1 aliphatic heterocycles. The van der Waals surface area contributed by atoms with Gasteiger partial charge >= 0.3 is 5.97 Å². The van der Waals surface area contributed by atoms with Crippen LogP contribution in [0.3, 0.4) is 0 Å². The van der Waals surface area contributed by atoms with E-state index in [-0.39, 0.29) is 18.6 Å². The van der Waals surface area contributed by atoms with Crippen LogP contribution in [0.5, 0.6) is 0 Å². The monoisotopic (exact) mass is 285 g/mol. The zero-order chi connectivity index (χ0) is 14.9. The summed E-state index contributed by atoms with van der Waals surface area (Å²) in [6.07, 6.45) is 0.461. The quantitative estimate of drug-likeness (QED) is 0.435. The van der Waals surface area contributed by atoms with E-state index in [4.69, 9.17) is 9.47 Å². The predicted molar refractivity (Wildman–Crippen MR) is 67.6 cm³/mol. The maximum atomic E-state index is 12.1. The van der Waals surface area contributed by atoms with Gasteiger partial charge in [0.25, 0.3) is 0 Å². The number of Topliss-reactive ketones (excluding diaryl/α,β-unsaturated/α-hetero) is 1. The molecule has 1 saturated heterocycles. The van der Waals surface area contributed by atoms with Gasteiger partial charge in [-0.2, -0.15) is 0 Å². The van der Waals surface area contributed by atoms with Crippen molar-refractivity contribution in [3.63, 3.8) is 0 Å². The average Bonchev–Trinajstić information content (AvgIpc) is 2.40. The highest BCUT2D eigenvalue weighted by molar-refractivity contribution is 5.83. The fourth-order valence-electron chi connectivity index (χ4n) is 3.37. The number of carbonyl (C=O) groups excluding carboxylic acids is 2. The molecule has 3 unspecified atom stereocenters. The average molecular weight is 285 g/mol. The van der Waals surface area contributed by atoms with E-state index in [0.717, 1.165) is 0 Å². The lowest BCUT2D eigenvalue weighted by molar-refractivity contribution is -0.549. The number of hydrogen-bond donors (Lipinski definition) is 0. The van der Waals surface area contributed by atoms with E-state index >= 15 is 0 Å². The van der Waals surface area contributed by atoms with E-state index in [2.05, 4.69) is 0 Å². The summed E-state index contributed by atoms with van der Waals surface area (Å²) in [5.41, 5.74) is -0.983. The van der Waals surface area contributed by atoms with Crippen LogP contribution in [-0.4, -0.2) is 42.5 Å². The Morgan fingerprint density at radius 3 is 2.65 bits per heavy atom. The van der Waals surface area contributed by atoms with Crippen molar-refractivity contribution in [2.24, 2.45) is 11.3 Å². The number of ketones is 1. The number of ether oxygens (including phenoxy) is 2. The molecule has 0 aromatic rings. The van der Waals surface area contributed by atoms with Crippen LogP contribution in [0.25, 0.3) is 0 Å². The molecule has 0 spiro atoms. The highest BCUT2D eigenvalue weighted by Gasteiger charge is 2.57. The minimum Gasteiger partial charge on any atom is -0.465 e. The second-order valence-electron chi connectivity index (χ2n) is 5.76. The van der Waals surface area contributed by atoms with Crippen LogP contribution in [0.4, 0.5) is 0 Å². The normalized spacial score (nSPS) is 38.4. The second-order valence-corrected chi connectivity index (χ2v) is 5.76. The molecule has 0 amide bonds. The van der Waals surface area contributed by atoms with Crippen LogP contribution >= 0.6 is 0 Å². The van der Waals surface area contributed by atoms with Gasteiger partial charge in [0.15, 0.2) is 0 Å². The molecule has 2 rings (SSSR count). The van der Waals surface area contributed by atoms with E-state index in [1.807, 2.05) is 0 Å². The van der Waals surface area contributed by atoms with Crippen LogP contribution in [0, 0.1) is 21.4 Å². The van der Waals surface area contributed by atoms with Crippen molar-refractivity contribution in [2.75, 3.05) is 13.7 Å². The number of esters is 1. The van der Waals surface area contributed by atoms with E-state index < -0.39 is 34.4 Å². The molecule has 1 aliphatic carbocycles. The van der Waals surface area contributed by atoms with Crippen LogP contribution in [0.1, 0.15) is 32.6 Å². The lowest BCUT2D eigenvalue weighted by Crippen LogP contribution is -2.56. The van der Waals surface area contributed by atoms with Crippen molar-refractivity contribution in [1.82, 2.24) is 0 Å². The third-order valence-corrected chi connectivity index (χ3v) is 4.57. The summed E-state index contributed by atoms with van der Waals surface area (Å²) in [5, 5.41) is 11.4. The number of rotatable bonds is 3. The zero-order valence-electron chi connectivity index (χ0n) is 11.7. The third kappa shape index (κ3) is 2.42. The maximum Gasteiger partial charge on any atom is 0.312 e. The number of cyclic esters (lactones) is 1. The minimum atomic E-state index is -1.05. The van der Waals surface area contributed by atoms with Crippen molar-refractivity contribution in [1.29, 1.82) is 0 Å². The van der Waals surface area contributed by atoms with E-state index in [9.17, 15) is 19.7 Å². The molecule has 2 fully saturated rings. The molecule has 2 aliphatic rings. The van der Waals surface area contributed by atoms with Gasteiger partial charge in [-0.05, 0) is 19.8 Å². The molecule has 112 valence electrons. The van der Waals surface area contributed by atoms with Gasteiger partial charge in [0.2, 0.25) is 6.04 Å². The van der Waals surface area contributed by atoms with Crippen LogP contribution in [0.15, 0.2) is 0 Å². The van der Waals surface area contributed by atoms with Crippen molar-refractivity contribution in [3.8, 4) is 0 Å². The smallest absolute Gasteiger partial charge is 0.312 e. The Hall–Kier alpha value is -1.50. The molecule has 4 atom stereocenters. The largest absolute Gasteiger partial charge is 0.465 e. The van der Waals surface area contributed by atoms with E-state index in [1.165, 1.54) is 7.11 Å². The number of hydrogen-bond acceptors (Lipinski definition) is 6. The molecule has 7 nitrogen and oxygen atoms in total. The van der Waals surface area contributed by atoms with Gasteiger partial charge in [-0.25, -0.2) is 0 Å². The second kappa shape index (κ2) is 5.47. The third-order valence-electron chi connectivity index (χ3n) is 4.57. The van der Waals surface area contributed by atoms with Gasteiger partial charge in [-0.3, -0.25) is 19.7 Å². The first kappa shape index (κ1) is 14.9. The van der Waals surface area contributed by atoms with Gasteiger partial charge in [0, 0.05) is 24.9 Å². The van der Waals surface area contributed by atoms with Crippen molar-refractivity contribution in [3.05, 3.63) is 10.1 Å². The summed E-state index contributed by atoms with van der Waals surface area (Å²) >= 11 is 0. The topological polar surface area (TPSA) is 95.7 Å². The first-order chi connectivity index (χ1) is 9.40. The summed E-state index contributed by atoms with van der Waals surface area (Å²) in [4.78, 5) is 34.9. The summed E-state index contributed by atoms with van der Waals surface area (Å²) in [5.74, 6) is -1.21. The first-order valence-electron chi connectivity index (χ1n) is 6.75. The molecule has 20 heavy (non-hydrogen) atoms. The first-order valence-corrected chi connectivity index (χ1v) is 6.75. The molecule has 1 saturated carbocycles. The number of nitrogens with zero attached hydrogens (tertiary/aromatic N) is 1. The van der Waals surface area contributed by atoms with Crippen molar-refractivity contribution in [2.45, 2.75) is 44.8 Å². The molecule has 0 radical (unpaired) electrons. The Morgan fingerprint density at radius 1 is 1.40 bits per heavy atom. The molecule has 0 N–H and O–H groups in total. The fraction of sp³-hybridized carbons (Fsp3) is 0.846. The van der Waals surface area contributed by atoms with Gasteiger partial charge < -0.3 is 9.47 Å².